The molecule has 0 radical (unpaired) electrons. The summed E-state index contributed by atoms with van der Waals surface area (Å²) < 4.78 is 68.5. The number of hydrogen-bond donors (Lipinski definition) is 1. The number of nitrogens with zero attached hydrogens (tertiary/aromatic N) is 3. The topological polar surface area (TPSA) is 42.7 Å². The van der Waals surface area contributed by atoms with Crippen LogP contribution in [0.2, 0.25) is 0 Å². The van der Waals surface area contributed by atoms with E-state index in [2.05, 4.69) is 15.4 Å². The minimum Gasteiger partial charge on any atom is -0.373 e. The van der Waals surface area contributed by atoms with Gasteiger partial charge in [-0.3, -0.25) is 0 Å². The summed E-state index contributed by atoms with van der Waals surface area (Å²) in [6, 6.07) is 4.85. The number of rotatable bonds is 4. The van der Waals surface area contributed by atoms with E-state index in [1.165, 1.54) is 35.1 Å². The van der Waals surface area contributed by atoms with Gasteiger partial charge < -0.3 is 5.32 Å². The van der Waals surface area contributed by atoms with Gasteiger partial charge in [-0.25, -0.2) is 9.07 Å². The first-order valence-corrected chi connectivity index (χ1v) is 7.56. The number of hydrogen-bond acceptors (Lipinski definition) is 3. The average molecular weight is 368 g/mol. The Labute approximate surface area is 145 Å². The fourth-order valence-electron chi connectivity index (χ4n) is 2.60. The summed E-state index contributed by atoms with van der Waals surface area (Å²) in [6.45, 7) is 3.25. The number of nitrogens with one attached hydrogen (secondary N) is 1. The zero-order valence-electron chi connectivity index (χ0n) is 13.7. The summed E-state index contributed by atoms with van der Waals surface area (Å²) >= 11 is 0. The maximum Gasteiger partial charge on any atom is 0.253 e. The van der Waals surface area contributed by atoms with Crippen LogP contribution in [0.1, 0.15) is 24.2 Å². The summed E-state index contributed by atoms with van der Waals surface area (Å²) in [5.74, 6) is -7.10. The van der Waals surface area contributed by atoms with E-state index in [-0.39, 0.29) is 0 Å². The molecule has 1 N–H and O–H groups in total. The van der Waals surface area contributed by atoms with Crippen LogP contribution in [-0.2, 0) is 0 Å². The van der Waals surface area contributed by atoms with Crippen molar-refractivity contribution in [3.05, 3.63) is 71.1 Å². The van der Waals surface area contributed by atoms with Crippen molar-refractivity contribution in [2.24, 2.45) is 0 Å². The molecule has 0 saturated heterocycles. The van der Waals surface area contributed by atoms with Crippen molar-refractivity contribution in [3.63, 3.8) is 0 Å². The van der Waals surface area contributed by atoms with E-state index < -0.39 is 41.1 Å². The number of halogens is 5. The van der Waals surface area contributed by atoms with Gasteiger partial charge in [-0.2, -0.15) is 27.6 Å². The molecular weight excluding hydrogens is 355 g/mol. The van der Waals surface area contributed by atoms with Crippen LogP contribution in [0.5, 0.6) is 0 Å². The van der Waals surface area contributed by atoms with Gasteiger partial charge in [-0.05, 0) is 38.1 Å². The highest BCUT2D eigenvalue weighted by Gasteiger charge is 2.23. The SMILES string of the molecule is Cc1c(C(C)Nc2c(F)c(F)nc(F)c2F)cnn1-c1ccc(F)cc1. The molecule has 136 valence electrons. The highest BCUT2D eigenvalue weighted by molar-refractivity contribution is 5.48. The summed E-state index contributed by atoms with van der Waals surface area (Å²) in [6.07, 6.45) is 1.44. The number of aromatic nitrogens is 3. The van der Waals surface area contributed by atoms with Crippen LogP contribution in [0, 0.1) is 36.3 Å². The molecule has 0 aliphatic carbocycles. The normalized spacial score (nSPS) is 12.3. The maximum absolute atomic E-state index is 13.8. The maximum atomic E-state index is 13.8. The van der Waals surface area contributed by atoms with Gasteiger partial charge in [0.2, 0.25) is 11.6 Å². The summed E-state index contributed by atoms with van der Waals surface area (Å²) in [7, 11) is 0. The van der Waals surface area contributed by atoms with Crippen molar-refractivity contribution in [2.45, 2.75) is 19.9 Å². The summed E-state index contributed by atoms with van der Waals surface area (Å²) in [5.41, 5.74) is 0.773. The fourth-order valence-corrected chi connectivity index (χ4v) is 2.60. The van der Waals surface area contributed by atoms with Gasteiger partial charge in [-0.1, -0.05) is 0 Å². The Morgan fingerprint density at radius 2 is 1.54 bits per heavy atom. The first-order chi connectivity index (χ1) is 12.3. The van der Waals surface area contributed by atoms with E-state index in [9.17, 15) is 22.0 Å². The lowest BCUT2D eigenvalue weighted by atomic mass is 10.1. The van der Waals surface area contributed by atoms with Crippen LogP contribution in [0.4, 0.5) is 27.6 Å². The Kier molecular flexibility index (Phi) is 4.62. The predicted molar refractivity (Wildman–Crippen MR) is 84.4 cm³/mol. The zero-order chi connectivity index (χ0) is 19.0. The molecule has 26 heavy (non-hydrogen) atoms. The smallest absolute Gasteiger partial charge is 0.253 e. The average Bonchev–Trinajstić information content (AvgIpc) is 2.99. The van der Waals surface area contributed by atoms with Crippen molar-refractivity contribution in [1.82, 2.24) is 14.8 Å². The van der Waals surface area contributed by atoms with Gasteiger partial charge in [0.15, 0.2) is 0 Å². The molecular formula is C17H13F5N4. The molecule has 2 heterocycles. The van der Waals surface area contributed by atoms with Gasteiger partial charge in [0.05, 0.1) is 17.9 Å². The Bertz CT molecular complexity index is 927. The van der Waals surface area contributed by atoms with Crippen molar-refractivity contribution in [1.29, 1.82) is 0 Å². The molecule has 0 amide bonds. The van der Waals surface area contributed by atoms with Crippen molar-refractivity contribution in [2.75, 3.05) is 5.32 Å². The predicted octanol–water partition coefficient (Wildman–Crippen LogP) is 4.44. The van der Waals surface area contributed by atoms with Crippen molar-refractivity contribution in [3.8, 4) is 5.69 Å². The van der Waals surface area contributed by atoms with E-state index in [0.717, 1.165) is 0 Å². The van der Waals surface area contributed by atoms with Crippen molar-refractivity contribution >= 4 is 5.69 Å². The van der Waals surface area contributed by atoms with Crippen LogP contribution in [0.3, 0.4) is 0 Å². The van der Waals surface area contributed by atoms with Crippen molar-refractivity contribution < 1.29 is 22.0 Å². The highest BCUT2D eigenvalue weighted by Crippen LogP contribution is 2.28. The first-order valence-electron chi connectivity index (χ1n) is 7.56. The van der Waals surface area contributed by atoms with Crippen LogP contribution < -0.4 is 5.32 Å². The number of anilines is 1. The van der Waals surface area contributed by atoms with Gasteiger partial charge >= 0.3 is 0 Å². The van der Waals surface area contributed by atoms with Crippen LogP contribution in [0.15, 0.2) is 30.5 Å². The number of pyridine rings is 1. The first kappa shape index (κ1) is 17.8. The minimum atomic E-state index is -1.74. The van der Waals surface area contributed by atoms with Gasteiger partial charge in [0.1, 0.15) is 11.5 Å². The molecule has 4 nitrogen and oxygen atoms in total. The molecule has 0 aliphatic rings. The third kappa shape index (κ3) is 3.12. The lowest BCUT2D eigenvalue weighted by molar-refractivity contribution is 0.410. The molecule has 1 aromatic carbocycles. The van der Waals surface area contributed by atoms with E-state index in [1.807, 2.05) is 0 Å². The molecule has 0 saturated carbocycles. The molecule has 0 bridgehead atoms. The fraction of sp³-hybridized carbons (Fsp3) is 0.176. The van der Waals surface area contributed by atoms with Gasteiger partial charge in [0.25, 0.3) is 11.9 Å². The third-order valence-corrected chi connectivity index (χ3v) is 3.94. The van der Waals surface area contributed by atoms with E-state index in [1.54, 1.807) is 13.8 Å². The molecule has 9 heteroatoms. The zero-order valence-corrected chi connectivity index (χ0v) is 13.7. The molecule has 3 rings (SSSR count). The second-order valence-electron chi connectivity index (χ2n) is 5.64. The summed E-state index contributed by atoms with van der Waals surface area (Å²) in [4.78, 5) is 2.51. The Balaban J connectivity index is 1.93. The van der Waals surface area contributed by atoms with Crippen LogP contribution in [0.25, 0.3) is 5.69 Å². The molecule has 0 fully saturated rings. The third-order valence-electron chi connectivity index (χ3n) is 3.94. The molecule has 3 aromatic rings. The second-order valence-corrected chi connectivity index (χ2v) is 5.64. The van der Waals surface area contributed by atoms with Gasteiger partial charge in [0, 0.05) is 11.3 Å². The van der Waals surface area contributed by atoms with E-state index in [4.69, 9.17) is 0 Å². The summed E-state index contributed by atoms with van der Waals surface area (Å²) in [5, 5.41) is 6.57. The monoisotopic (exact) mass is 368 g/mol. The Morgan fingerprint density at radius 3 is 2.12 bits per heavy atom. The Hall–Kier alpha value is -2.97. The largest absolute Gasteiger partial charge is 0.373 e. The minimum absolute atomic E-state index is 0.401. The lowest BCUT2D eigenvalue weighted by Crippen LogP contribution is -2.13. The van der Waals surface area contributed by atoms with E-state index >= 15 is 0 Å². The Morgan fingerprint density at radius 1 is 0.962 bits per heavy atom. The lowest BCUT2D eigenvalue weighted by Gasteiger charge is -2.16. The molecule has 2 aromatic heterocycles. The highest BCUT2D eigenvalue weighted by atomic mass is 19.2. The molecule has 0 spiro atoms. The van der Waals surface area contributed by atoms with Crippen LogP contribution >= 0.6 is 0 Å². The van der Waals surface area contributed by atoms with Gasteiger partial charge in [-0.15, -0.1) is 0 Å². The standard InChI is InChI=1S/C17H13F5N4/c1-8(24-15-13(19)16(21)25-17(22)14(15)20)12-7-23-26(9(12)2)11-5-3-10(18)4-6-11/h3-8H,1-2H3,(H,24,25). The molecule has 1 atom stereocenters. The number of benzene rings is 1. The quantitative estimate of drug-likeness (QED) is 0.547. The molecule has 0 aliphatic heterocycles. The molecule has 1 unspecified atom stereocenters. The van der Waals surface area contributed by atoms with E-state index in [0.29, 0.717) is 16.9 Å². The second kappa shape index (κ2) is 6.74. The van der Waals surface area contributed by atoms with Crippen LogP contribution in [-0.4, -0.2) is 14.8 Å².